The van der Waals surface area contributed by atoms with Crippen LogP contribution in [0.5, 0.6) is 0 Å². The van der Waals surface area contributed by atoms with Gasteiger partial charge in [-0.25, -0.2) is 4.79 Å². The Hall–Kier alpha value is -2.44. The van der Waals surface area contributed by atoms with Crippen LogP contribution < -0.4 is 5.32 Å². The summed E-state index contributed by atoms with van der Waals surface area (Å²) in [6.45, 7) is 3.39. The molecule has 1 amide bonds. The average Bonchev–Trinajstić information content (AvgIpc) is 2.42. The molecule has 1 unspecified atom stereocenters. The highest BCUT2D eigenvalue weighted by Gasteiger charge is 2.23. The highest BCUT2D eigenvalue weighted by Crippen LogP contribution is 2.21. The van der Waals surface area contributed by atoms with E-state index in [1.54, 1.807) is 0 Å². The van der Waals surface area contributed by atoms with Crippen molar-refractivity contribution in [2.24, 2.45) is 0 Å². The van der Waals surface area contributed by atoms with Crippen molar-refractivity contribution >= 4 is 17.6 Å². The van der Waals surface area contributed by atoms with Crippen molar-refractivity contribution in [3.05, 3.63) is 39.4 Å². The first-order valence-electron chi connectivity index (χ1n) is 6.66. The molecular weight excluding hydrogens is 276 g/mol. The Labute approximate surface area is 122 Å². The molecule has 1 aromatic carbocycles. The number of unbranched alkanes of at least 4 members (excludes halogenated alkanes) is 1. The van der Waals surface area contributed by atoms with E-state index in [-0.39, 0.29) is 16.8 Å². The van der Waals surface area contributed by atoms with Crippen molar-refractivity contribution in [3.8, 4) is 0 Å². The van der Waals surface area contributed by atoms with Crippen LogP contribution in [0.15, 0.2) is 18.2 Å². The molecule has 0 fully saturated rings. The highest BCUT2D eigenvalue weighted by molar-refractivity contribution is 5.98. The number of carbonyl (C=O) groups is 2. The fraction of sp³-hybridized carbons (Fsp3) is 0.429. The molecule has 21 heavy (non-hydrogen) atoms. The Bertz CT molecular complexity index is 556. The molecule has 0 spiro atoms. The van der Waals surface area contributed by atoms with E-state index in [2.05, 4.69) is 5.32 Å². The van der Waals surface area contributed by atoms with E-state index >= 15 is 0 Å². The number of aliphatic carboxylic acids is 1. The maximum absolute atomic E-state index is 12.1. The average molecular weight is 294 g/mol. The van der Waals surface area contributed by atoms with E-state index in [0.717, 1.165) is 6.42 Å². The molecule has 0 heterocycles. The number of rotatable bonds is 7. The van der Waals surface area contributed by atoms with Gasteiger partial charge in [0.2, 0.25) is 0 Å². The van der Waals surface area contributed by atoms with Gasteiger partial charge < -0.3 is 10.4 Å². The topological polar surface area (TPSA) is 110 Å². The zero-order valence-corrected chi connectivity index (χ0v) is 12.0. The van der Waals surface area contributed by atoms with Crippen molar-refractivity contribution < 1.29 is 19.6 Å². The number of carboxylic acid groups (broad SMARTS) is 1. The highest BCUT2D eigenvalue weighted by atomic mass is 16.6. The number of carboxylic acids is 1. The molecule has 0 aliphatic carbocycles. The van der Waals surface area contributed by atoms with E-state index in [1.165, 1.54) is 25.1 Å². The minimum Gasteiger partial charge on any atom is -0.480 e. The third-order valence-electron chi connectivity index (χ3n) is 3.20. The Morgan fingerprint density at radius 2 is 2.10 bits per heavy atom. The minimum atomic E-state index is -1.11. The number of hydrogen-bond donors (Lipinski definition) is 2. The van der Waals surface area contributed by atoms with Crippen LogP contribution in [0.2, 0.25) is 0 Å². The smallest absolute Gasteiger partial charge is 0.326 e. The third kappa shape index (κ3) is 4.27. The zero-order valence-electron chi connectivity index (χ0n) is 12.0. The van der Waals surface area contributed by atoms with Crippen LogP contribution in [0.3, 0.4) is 0 Å². The molecule has 0 saturated carbocycles. The quantitative estimate of drug-likeness (QED) is 0.592. The summed E-state index contributed by atoms with van der Waals surface area (Å²) in [6, 6.07) is 3.16. The van der Waals surface area contributed by atoms with Gasteiger partial charge in [-0.3, -0.25) is 14.9 Å². The summed E-state index contributed by atoms with van der Waals surface area (Å²) in [5.74, 6) is -1.72. The Balaban J connectivity index is 2.95. The monoisotopic (exact) mass is 294 g/mol. The van der Waals surface area contributed by atoms with E-state index in [9.17, 15) is 19.7 Å². The standard InChI is InChI=1S/C14H18N2O5/c1-3-4-7-11(14(18)19)15-13(17)10-6-5-8-12(9(10)2)16(20)21/h5-6,8,11H,3-4,7H2,1-2H3,(H,15,17)(H,18,19). The van der Waals surface area contributed by atoms with Crippen molar-refractivity contribution in [2.45, 2.75) is 39.2 Å². The van der Waals surface area contributed by atoms with Crippen molar-refractivity contribution in [2.75, 3.05) is 0 Å². The molecule has 0 radical (unpaired) electrons. The number of nitro benzene ring substituents is 1. The van der Waals surface area contributed by atoms with Crippen LogP contribution >= 0.6 is 0 Å². The van der Waals surface area contributed by atoms with E-state index in [4.69, 9.17) is 5.11 Å². The molecule has 0 aliphatic heterocycles. The zero-order chi connectivity index (χ0) is 16.0. The predicted molar refractivity (Wildman–Crippen MR) is 76.2 cm³/mol. The van der Waals surface area contributed by atoms with Crippen LogP contribution in [0.1, 0.15) is 42.1 Å². The Morgan fingerprint density at radius 1 is 1.43 bits per heavy atom. The first-order chi connectivity index (χ1) is 9.88. The van der Waals surface area contributed by atoms with E-state index < -0.39 is 22.8 Å². The molecule has 2 N–H and O–H groups in total. The largest absolute Gasteiger partial charge is 0.480 e. The first-order valence-corrected chi connectivity index (χ1v) is 6.66. The van der Waals surface area contributed by atoms with Gasteiger partial charge in [0.25, 0.3) is 11.6 Å². The second-order valence-corrected chi connectivity index (χ2v) is 4.71. The number of nitrogens with zero attached hydrogens (tertiary/aromatic N) is 1. The van der Waals surface area contributed by atoms with Crippen LogP contribution in [0.25, 0.3) is 0 Å². The SMILES string of the molecule is CCCCC(NC(=O)c1cccc([N+](=O)[O-])c1C)C(=O)O. The van der Waals surface area contributed by atoms with E-state index in [0.29, 0.717) is 12.8 Å². The predicted octanol–water partition coefficient (Wildman–Crippen LogP) is 2.28. The third-order valence-corrected chi connectivity index (χ3v) is 3.20. The Kier molecular flexibility index (Phi) is 5.83. The van der Waals surface area contributed by atoms with Crippen LogP contribution in [-0.2, 0) is 4.79 Å². The summed E-state index contributed by atoms with van der Waals surface area (Å²) < 4.78 is 0. The van der Waals surface area contributed by atoms with Gasteiger partial charge in [-0.15, -0.1) is 0 Å². The fourth-order valence-corrected chi connectivity index (χ4v) is 1.97. The molecule has 1 aromatic rings. The number of nitrogens with one attached hydrogen (secondary N) is 1. The summed E-state index contributed by atoms with van der Waals surface area (Å²) in [4.78, 5) is 33.5. The van der Waals surface area contributed by atoms with Gasteiger partial charge in [0, 0.05) is 17.2 Å². The van der Waals surface area contributed by atoms with Crippen molar-refractivity contribution in [1.29, 1.82) is 0 Å². The summed E-state index contributed by atoms with van der Waals surface area (Å²) >= 11 is 0. The van der Waals surface area contributed by atoms with Gasteiger partial charge in [0.15, 0.2) is 0 Å². The van der Waals surface area contributed by atoms with Crippen molar-refractivity contribution in [3.63, 3.8) is 0 Å². The molecule has 0 saturated heterocycles. The maximum Gasteiger partial charge on any atom is 0.326 e. The normalized spacial score (nSPS) is 11.7. The molecule has 1 rings (SSSR count). The summed E-state index contributed by atoms with van der Waals surface area (Å²) in [6.07, 6.45) is 1.81. The van der Waals surface area contributed by atoms with Gasteiger partial charge in [-0.05, 0) is 19.4 Å². The fourth-order valence-electron chi connectivity index (χ4n) is 1.97. The summed E-state index contributed by atoms with van der Waals surface area (Å²) in [7, 11) is 0. The number of benzene rings is 1. The van der Waals surface area contributed by atoms with Crippen LogP contribution in [0.4, 0.5) is 5.69 Å². The van der Waals surface area contributed by atoms with Gasteiger partial charge in [-0.2, -0.15) is 0 Å². The van der Waals surface area contributed by atoms with Gasteiger partial charge in [0.1, 0.15) is 6.04 Å². The number of nitro groups is 1. The second kappa shape index (κ2) is 7.37. The molecular formula is C14H18N2O5. The van der Waals surface area contributed by atoms with E-state index in [1.807, 2.05) is 6.92 Å². The summed E-state index contributed by atoms with van der Waals surface area (Å²) in [5.41, 5.74) is 0.176. The molecule has 1 atom stereocenters. The van der Waals surface area contributed by atoms with Crippen LogP contribution in [-0.4, -0.2) is 27.9 Å². The lowest BCUT2D eigenvalue weighted by Crippen LogP contribution is -2.41. The molecule has 0 aliphatic rings. The molecule has 7 heteroatoms. The lowest BCUT2D eigenvalue weighted by molar-refractivity contribution is -0.385. The lowest BCUT2D eigenvalue weighted by Gasteiger charge is -2.15. The van der Waals surface area contributed by atoms with Gasteiger partial charge in [-0.1, -0.05) is 25.8 Å². The van der Waals surface area contributed by atoms with Crippen molar-refractivity contribution in [1.82, 2.24) is 5.32 Å². The van der Waals surface area contributed by atoms with Crippen LogP contribution in [0, 0.1) is 17.0 Å². The Morgan fingerprint density at radius 3 is 2.62 bits per heavy atom. The number of hydrogen-bond acceptors (Lipinski definition) is 4. The summed E-state index contributed by atoms with van der Waals surface area (Å²) in [5, 5.41) is 22.3. The molecule has 0 bridgehead atoms. The first kappa shape index (κ1) is 16.6. The van der Waals surface area contributed by atoms with Gasteiger partial charge in [0.05, 0.1) is 4.92 Å². The second-order valence-electron chi connectivity index (χ2n) is 4.71. The lowest BCUT2D eigenvalue weighted by atomic mass is 10.0. The number of carbonyl (C=O) groups excluding carboxylic acids is 1. The minimum absolute atomic E-state index is 0.118. The molecule has 7 nitrogen and oxygen atoms in total. The molecule has 0 aromatic heterocycles. The molecule has 114 valence electrons. The van der Waals surface area contributed by atoms with Gasteiger partial charge >= 0.3 is 5.97 Å². The number of amides is 1. The maximum atomic E-state index is 12.1.